The van der Waals surface area contributed by atoms with Crippen molar-refractivity contribution in [3.63, 3.8) is 0 Å². The standard InChI is InChI=1S/C18H20FN3OS/c1-3-22(4-2)17(23)13-9-11-14(12-10-13)20-18(24)21-16-8-6-5-7-15(16)19/h5-12H,3-4H2,1-2H3,(H2,20,21,24). The molecular weight excluding hydrogens is 325 g/mol. The molecule has 0 saturated heterocycles. The van der Waals surface area contributed by atoms with Gasteiger partial charge in [-0.15, -0.1) is 0 Å². The highest BCUT2D eigenvalue weighted by Gasteiger charge is 2.12. The highest BCUT2D eigenvalue weighted by atomic mass is 32.1. The van der Waals surface area contributed by atoms with Gasteiger partial charge in [-0.2, -0.15) is 0 Å². The minimum absolute atomic E-state index is 0.00129. The minimum Gasteiger partial charge on any atom is -0.339 e. The second kappa shape index (κ2) is 8.40. The molecule has 0 radical (unpaired) electrons. The molecule has 0 heterocycles. The molecule has 0 saturated carbocycles. The number of nitrogens with zero attached hydrogens (tertiary/aromatic N) is 1. The highest BCUT2D eigenvalue weighted by molar-refractivity contribution is 7.80. The summed E-state index contributed by atoms with van der Waals surface area (Å²) in [6.07, 6.45) is 0. The number of hydrogen-bond acceptors (Lipinski definition) is 2. The number of halogens is 1. The van der Waals surface area contributed by atoms with Crippen LogP contribution in [0.15, 0.2) is 48.5 Å². The van der Waals surface area contributed by atoms with E-state index in [9.17, 15) is 9.18 Å². The molecule has 2 N–H and O–H groups in total. The van der Waals surface area contributed by atoms with Crippen LogP contribution in [0.2, 0.25) is 0 Å². The molecule has 4 nitrogen and oxygen atoms in total. The molecule has 0 atom stereocenters. The molecule has 2 aromatic carbocycles. The first-order valence-corrected chi connectivity index (χ1v) is 8.17. The predicted molar refractivity (Wildman–Crippen MR) is 99.9 cm³/mol. The van der Waals surface area contributed by atoms with E-state index >= 15 is 0 Å². The highest BCUT2D eigenvalue weighted by Crippen LogP contribution is 2.15. The molecule has 0 aliphatic carbocycles. The van der Waals surface area contributed by atoms with Gasteiger partial charge in [-0.1, -0.05) is 12.1 Å². The summed E-state index contributed by atoms with van der Waals surface area (Å²) in [6, 6.07) is 13.3. The summed E-state index contributed by atoms with van der Waals surface area (Å²) in [5.74, 6) is -0.375. The Labute approximate surface area is 146 Å². The van der Waals surface area contributed by atoms with Gasteiger partial charge in [0.1, 0.15) is 5.82 Å². The zero-order valence-corrected chi connectivity index (χ0v) is 14.5. The average molecular weight is 345 g/mol. The molecular formula is C18H20FN3OS. The number of anilines is 2. The topological polar surface area (TPSA) is 44.4 Å². The normalized spacial score (nSPS) is 10.1. The van der Waals surface area contributed by atoms with Crippen molar-refractivity contribution in [2.24, 2.45) is 0 Å². The second-order valence-corrected chi connectivity index (χ2v) is 5.52. The maximum absolute atomic E-state index is 13.6. The number of carbonyl (C=O) groups is 1. The van der Waals surface area contributed by atoms with Crippen LogP contribution in [-0.2, 0) is 0 Å². The minimum atomic E-state index is -0.373. The number of carbonyl (C=O) groups excluding carboxylic acids is 1. The molecule has 0 aliphatic heterocycles. The van der Waals surface area contributed by atoms with E-state index in [4.69, 9.17) is 12.2 Å². The lowest BCUT2D eigenvalue weighted by Gasteiger charge is -2.18. The summed E-state index contributed by atoms with van der Waals surface area (Å²) in [7, 11) is 0. The molecule has 126 valence electrons. The van der Waals surface area contributed by atoms with E-state index in [0.29, 0.717) is 24.3 Å². The number of nitrogens with one attached hydrogen (secondary N) is 2. The van der Waals surface area contributed by atoms with Crippen LogP contribution in [0.5, 0.6) is 0 Å². The van der Waals surface area contributed by atoms with Crippen molar-refractivity contribution in [1.82, 2.24) is 4.90 Å². The van der Waals surface area contributed by atoms with Gasteiger partial charge in [-0.05, 0) is 62.5 Å². The van der Waals surface area contributed by atoms with Crippen LogP contribution < -0.4 is 10.6 Å². The monoisotopic (exact) mass is 345 g/mol. The first kappa shape index (κ1) is 17.9. The van der Waals surface area contributed by atoms with Gasteiger partial charge in [0.05, 0.1) is 5.69 Å². The molecule has 2 aromatic rings. The smallest absolute Gasteiger partial charge is 0.253 e. The zero-order chi connectivity index (χ0) is 17.5. The fourth-order valence-electron chi connectivity index (χ4n) is 2.24. The number of hydrogen-bond donors (Lipinski definition) is 2. The van der Waals surface area contributed by atoms with Crippen molar-refractivity contribution in [1.29, 1.82) is 0 Å². The molecule has 0 bridgehead atoms. The lowest BCUT2D eigenvalue weighted by Crippen LogP contribution is -2.30. The number of rotatable bonds is 5. The van der Waals surface area contributed by atoms with Crippen LogP contribution in [0, 0.1) is 5.82 Å². The van der Waals surface area contributed by atoms with Crippen LogP contribution in [0.4, 0.5) is 15.8 Å². The molecule has 2 rings (SSSR count). The second-order valence-electron chi connectivity index (χ2n) is 5.11. The van der Waals surface area contributed by atoms with Crippen LogP contribution in [0.1, 0.15) is 24.2 Å². The number of para-hydroxylation sites is 1. The SMILES string of the molecule is CCN(CC)C(=O)c1ccc(NC(=S)Nc2ccccc2F)cc1. The lowest BCUT2D eigenvalue weighted by atomic mass is 10.2. The molecule has 24 heavy (non-hydrogen) atoms. The molecule has 0 aliphatic rings. The van der Waals surface area contributed by atoms with Gasteiger partial charge in [-0.25, -0.2) is 4.39 Å². The third-order valence-electron chi connectivity index (χ3n) is 3.56. The van der Waals surface area contributed by atoms with Crippen molar-refractivity contribution >= 4 is 34.6 Å². The quantitative estimate of drug-likeness (QED) is 0.800. The number of thiocarbonyl (C=S) groups is 1. The third kappa shape index (κ3) is 4.52. The Kier molecular flexibility index (Phi) is 6.26. The van der Waals surface area contributed by atoms with Gasteiger partial charge in [0.25, 0.3) is 5.91 Å². The van der Waals surface area contributed by atoms with Crippen LogP contribution in [-0.4, -0.2) is 29.0 Å². The van der Waals surface area contributed by atoms with Crippen molar-refractivity contribution in [2.45, 2.75) is 13.8 Å². The maximum atomic E-state index is 13.6. The Bertz CT molecular complexity index is 714. The van der Waals surface area contributed by atoms with E-state index < -0.39 is 0 Å². The Morgan fingerprint density at radius 3 is 2.25 bits per heavy atom. The van der Waals surface area contributed by atoms with Crippen molar-refractivity contribution < 1.29 is 9.18 Å². The first-order valence-electron chi connectivity index (χ1n) is 7.77. The Morgan fingerprint density at radius 1 is 1.04 bits per heavy atom. The van der Waals surface area contributed by atoms with E-state index in [1.54, 1.807) is 47.4 Å². The largest absolute Gasteiger partial charge is 0.339 e. The van der Waals surface area contributed by atoms with Gasteiger partial charge in [0.2, 0.25) is 0 Å². The lowest BCUT2D eigenvalue weighted by molar-refractivity contribution is 0.0773. The first-order chi connectivity index (χ1) is 11.5. The summed E-state index contributed by atoms with van der Waals surface area (Å²) < 4.78 is 13.6. The van der Waals surface area contributed by atoms with Gasteiger partial charge in [-0.3, -0.25) is 4.79 Å². The zero-order valence-electron chi connectivity index (χ0n) is 13.7. The van der Waals surface area contributed by atoms with E-state index in [2.05, 4.69) is 10.6 Å². The van der Waals surface area contributed by atoms with E-state index in [1.165, 1.54) is 6.07 Å². The van der Waals surface area contributed by atoms with Gasteiger partial charge >= 0.3 is 0 Å². The fraction of sp³-hybridized carbons (Fsp3) is 0.222. The Hall–Kier alpha value is -2.47. The summed E-state index contributed by atoms with van der Waals surface area (Å²) in [5, 5.41) is 6.05. The van der Waals surface area contributed by atoms with E-state index in [1.807, 2.05) is 13.8 Å². The molecule has 0 spiro atoms. The molecule has 0 unspecified atom stereocenters. The van der Waals surface area contributed by atoms with Gasteiger partial charge in [0, 0.05) is 24.3 Å². The summed E-state index contributed by atoms with van der Waals surface area (Å²) in [4.78, 5) is 14.0. The maximum Gasteiger partial charge on any atom is 0.253 e. The summed E-state index contributed by atoms with van der Waals surface area (Å²) >= 11 is 5.18. The van der Waals surface area contributed by atoms with Crippen molar-refractivity contribution in [3.05, 3.63) is 59.9 Å². The molecule has 6 heteroatoms. The number of amides is 1. The third-order valence-corrected chi connectivity index (χ3v) is 3.77. The van der Waals surface area contributed by atoms with E-state index in [0.717, 1.165) is 5.69 Å². The fourth-order valence-corrected chi connectivity index (χ4v) is 2.46. The number of benzene rings is 2. The van der Waals surface area contributed by atoms with Crippen molar-refractivity contribution in [2.75, 3.05) is 23.7 Å². The molecule has 1 amide bonds. The molecule has 0 aromatic heterocycles. The van der Waals surface area contributed by atoms with Crippen LogP contribution in [0.25, 0.3) is 0 Å². The van der Waals surface area contributed by atoms with Gasteiger partial charge in [0.15, 0.2) is 5.11 Å². The van der Waals surface area contributed by atoms with Crippen LogP contribution in [0.3, 0.4) is 0 Å². The van der Waals surface area contributed by atoms with Crippen molar-refractivity contribution in [3.8, 4) is 0 Å². The predicted octanol–water partition coefficient (Wildman–Crippen LogP) is 4.12. The Balaban J connectivity index is 2.00. The summed E-state index contributed by atoms with van der Waals surface area (Å²) in [6.45, 7) is 5.24. The Morgan fingerprint density at radius 2 is 1.67 bits per heavy atom. The van der Waals surface area contributed by atoms with E-state index in [-0.39, 0.29) is 16.8 Å². The average Bonchev–Trinajstić information content (AvgIpc) is 2.58. The van der Waals surface area contributed by atoms with Gasteiger partial charge < -0.3 is 15.5 Å². The van der Waals surface area contributed by atoms with Crippen LogP contribution >= 0.6 is 12.2 Å². The summed E-state index contributed by atoms with van der Waals surface area (Å²) in [5.41, 5.74) is 1.65. The molecule has 0 fully saturated rings.